The number of hydrogen-bond donors (Lipinski definition) is 1. The molecule has 31 heavy (non-hydrogen) atoms. The molecule has 2 aromatic heterocycles. The van der Waals surface area contributed by atoms with Crippen LogP contribution in [0.1, 0.15) is 39.5 Å². The molecule has 0 radical (unpaired) electrons. The van der Waals surface area contributed by atoms with Crippen LogP contribution < -0.4 is 9.64 Å². The number of H-pyrrole nitrogens is 1. The maximum atomic E-state index is 12.5. The van der Waals surface area contributed by atoms with E-state index in [-0.39, 0.29) is 23.1 Å². The van der Waals surface area contributed by atoms with Crippen LogP contribution in [0.5, 0.6) is 5.88 Å². The van der Waals surface area contributed by atoms with Crippen LogP contribution in [0.15, 0.2) is 29.8 Å². The van der Waals surface area contributed by atoms with Gasteiger partial charge in [0, 0.05) is 37.2 Å². The minimum atomic E-state index is -0.464. The third-order valence-electron chi connectivity index (χ3n) is 5.29. The van der Waals surface area contributed by atoms with Crippen LogP contribution in [0.3, 0.4) is 0 Å². The average molecular weight is 445 g/mol. The third kappa shape index (κ3) is 5.04. The number of hydrogen-bond acceptors (Lipinski definition) is 8. The highest BCUT2D eigenvalue weighted by atomic mass is 32.2. The third-order valence-corrected chi connectivity index (χ3v) is 6.51. The second kappa shape index (κ2) is 8.66. The molecule has 4 rings (SSSR count). The van der Waals surface area contributed by atoms with Crippen LogP contribution in [0, 0.1) is 5.41 Å². The number of pyridine rings is 1. The van der Waals surface area contributed by atoms with Crippen LogP contribution in [0.2, 0.25) is 0 Å². The topological polar surface area (TPSA) is 121 Å². The van der Waals surface area contributed by atoms with Crippen LogP contribution in [-0.4, -0.2) is 61.3 Å². The van der Waals surface area contributed by atoms with Crippen LogP contribution in [0.25, 0.3) is 0 Å². The summed E-state index contributed by atoms with van der Waals surface area (Å²) in [6.45, 7) is 4.95. The van der Waals surface area contributed by atoms with Crippen molar-refractivity contribution in [2.75, 3.05) is 18.0 Å². The zero-order chi connectivity index (χ0) is 22.0. The number of nitrogens with one attached hydrogen (secondary N) is 1. The lowest BCUT2D eigenvalue weighted by molar-refractivity contribution is -0.132. The van der Waals surface area contributed by atoms with Gasteiger partial charge < -0.3 is 9.64 Å². The summed E-state index contributed by atoms with van der Waals surface area (Å²) in [5, 5.41) is 7.80. The van der Waals surface area contributed by atoms with Crippen LogP contribution in [0.4, 0.5) is 10.5 Å². The van der Waals surface area contributed by atoms with Crippen molar-refractivity contribution in [3.63, 3.8) is 0 Å². The molecule has 2 aromatic rings. The number of imide groups is 1. The highest BCUT2D eigenvalue weighted by Crippen LogP contribution is 2.34. The number of aromatic amines is 1. The Hall–Kier alpha value is -2.95. The first-order chi connectivity index (χ1) is 14.8. The lowest BCUT2D eigenvalue weighted by Gasteiger charge is -2.34. The Bertz CT molecular complexity index is 935. The molecule has 0 saturated carbocycles. The van der Waals surface area contributed by atoms with E-state index in [9.17, 15) is 14.4 Å². The summed E-state index contributed by atoms with van der Waals surface area (Å²) < 4.78 is 5.38. The number of carbonyl (C=O) groups excluding carboxylic acids is 3. The molecule has 2 saturated heterocycles. The molecule has 2 fully saturated rings. The van der Waals surface area contributed by atoms with Crippen molar-refractivity contribution in [3.05, 3.63) is 24.7 Å². The minimum absolute atomic E-state index is 0.128. The van der Waals surface area contributed by atoms with E-state index >= 15 is 0 Å². The fourth-order valence-corrected chi connectivity index (χ4v) is 4.71. The molecule has 10 nitrogen and oxygen atoms in total. The Kier molecular flexibility index (Phi) is 5.94. The maximum absolute atomic E-state index is 12.5. The Morgan fingerprint density at radius 2 is 1.87 bits per heavy atom. The predicted octanol–water partition coefficient (Wildman–Crippen LogP) is 2.63. The molecule has 11 heteroatoms. The molecule has 164 valence electrons. The summed E-state index contributed by atoms with van der Waals surface area (Å²) in [5.74, 6) is -0.375. The van der Waals surface area contributed by atoms with Gasteiger partial charge in [0.2, 0.25) is 22.9 Å². The zero-order valence-electron chi connectivity index (χ0n) is 17.4. The Morgan fingerprint density at radius 3 is 2.45 bits per heavy atom. The van der Waals surface area contributed by atoms with Gasteiger partial charge in [0.05, 0.1) is 11.9 Å². The van der Waals surface area contributed by atoms with E-state index in [2.05, 4.69) is 20.2 Å². The molecule has 4 heterocycles. The summed E-state index contributed by atoms with van der Waals surface area (Å²) in [7, 11) is 0. The van der Waals surface area contributed by atoms with Crippen molar-refractivity contribution in [1.82, 2.24) is 25.1 Å². The molecule has 1 N–H and O–H groups in total. The minimum Gasteiger partial charge on any atom is -0.391 e. The van der Waals surface area contributed by atoms with Gasteiger partial charge in [0.15, 0.2) is 0 Å². The smallest absolute Gasteiger partial charge is 0.391 e. The van der Waals surface area contributed by atoms with Crippen molar-refractivity contribution < 1.29 is 19.1 Å². The van der Waals surface area contributed by atoms with E-state index in [1.807, 2.05) is 13.8 Å². The number of likely N-dealkylation sites (tertiary alicyclic amines) is 1. The number of piperidine rings is 2. The normalized spacial score (nSPS) is 19.5. The molecule has 0 aliphatic carbocycles. The van der Waals surface area contributed by atoms with E-state index in [0.29, 0.717) is 42.0 Å². The van der Waals surface area contributed by atoms with E-state index in [1.54, 1.807) is 29.1 Å². The number of amides is 3. The predicted molar refractivity (Wildman–Crippen MR) is 113 cm³/mol. The van der Waals surface area contributed by atoms with Gasteiger partial charge >= 0.3 is 6.09 Å². The van der Waals surface area contributed by atoms with E-state index < -0.39 is 6.09 Å². The SMILES string of the molecule is CC1(C)CC(=O)N(c2ccc(OC(=O)N3CCC(Sc4nc[nH]n4)CC3)nc2)C(=O)C1. The van der Waals surface area contributed by atoms with Gasteiger partial charge in [-0.25, -0.2) is 19.7 Å². The largest absolute Gasteiger partial charge is 0.416 e. The van der Waals surface area contributed by atoms with Gasteiger partial charge in [-0.15, -0.1) is 5.10 Å². The second-order valence-corrected chi connectivity index (χ2v) is 9.72. The van der Waals surface area contributed by atoms with Gasteiger partial charge in [-0.3, -0.25) is 14.7 Å². The first kappa shape index (κ1) is 21.3. The fourth-order valence-electron chi connectivity index (χ4n) is 3.74. The molecule has 3 amide bonds. The lowest BCUT2D eigenvalue weighted by Crippen LogP contribution is -2.46. The van der Waals surface area contributed by atoms with E-state index in [4.69, 9.17) is 4.74 Å². The molecule has 0 spiro atoms. The van der Waals surface area contributed by atoms with Crippen molar-refractivity contribution in [2.45, 2.75) is 49.9 Å². The Labute approximate surface area is 183 Å². The van der Waals surface area contributed by atoms with E-state index in [1.165, 1.54) is 12.3 Å². The number of anilines is 1. The summed E-state index contributed by atoms with van der Waals surface area (Å²) >= 11 is 1.60. The molecule has 2 aliphatic rings. The first-order valence-corrected chi connectivity index (χ1v) is 11.0. The van der Waals surface area contributed by atoms with Gasteiger partial charge in [-0.05, 0) is 24.3 Å². The number of thioether (sulfide) groups is 1. The fraction of sp³-hybridized carbons (Fsp3) is 0.500. The van der Waals surface area contributed by atoms with E-state index in [0.717, 1.165) is 17.7 Å². The monoisotopic (exact) mass is 444 g/mol. The summed E-state index contributed by atoms with van der Waals surface area (Å²) in [6.07, 6.45) is 4.68. The van der Waals surface area contributed by atoms with Crippen LogP contribution in [-0.2, 0) is 9.59 Å². The standard InChI is InChI=1S/C20H24N6O4S/c1-20(2)9-16(27)26(17(28)10-20)13-3-4-15(21-11-13)30-19(29)25-7-5-14(6-8-25)31-18-22-12-23-24-18/h3-4,11-12,14H,5-10H2,1-2H3,(H,22,23,24). The Morgan fingerprint density at radius 1 is 1.16 bits per heavy atom. The summed E-state index contributed by atoms with van der Waals surface area (Å²) in [6, 6.07) is 3.07. The molecule has 0 bridgehead atoms. The zero-order valence-corrected chi connectivity index (χ0v) is 18.2. The number of carbonyl (C=O) groups is 3. The molecule has 0 aromatic carbocycles. The van der Waals surface area contributed by atoms with Crippen molar-refractivity contribution in [2.24, 2.45) is 5.41 Å². The number of ether oxygens (including phenoxy) is 1. The quantitative estimate of drug-likeness (QED) is 0.715. The van der Waals surface area contributed by atoms with Crippen molar-refractivity contribution >= 4 is 35.4 Å². The summed E-state index contributed by atoms with van der Waals surface area (Å²) in [4.78, 5) is 48.3. The number of nitrogens with zero attached hydrogens (tertiary/aromatic N) is 5. The lowest BCUT2D eigenvalue weighted by atomic mass is 9.81. The molecular formula is C20H24N6O4S. The van der Waals surface area contributed by atoms with Crippen LogP contribution >= 0.6 is 11.8 Å². The number of aromatic nitrogens is 4. The molecular weight excluding hydrogens is 420 g/mol. The van der Waals surface area contributed by atoms with Gasteiger partial charge in [-0.2, -0.15) is 0 Å². The number of rotatable bonds is 4. The molecule has 0 unspecified atom stereocenters. The maximum Gasteiger partial charge on any atom is 0.416 e. The average Bonchev–Trinajstić information content (AvgIpc) is 3.21. The van der Waals surface area contributed by atoms with Gasteiger partial charge in [0.1, 0.15) is 6.33 Å². The highest BCUT2D eigenvalue weighted by molar-refractivity contribution is 7.99. The van der Waals surface area contributed by atoms with Gasteiger partial charge in [0.25, 0.3) is 0 Å². The highest BCUT2D eigenvalue weighted by Gasteiger charge is 2.38. The van der Waals surface area contributed by atoms with Gasteiger partial charge in [-0.1, -0.05) is 25.6 Å². The molecule has 0 atom stereocenters. The van der Waals surface area contributed by atoms with Crippen molar-refractivity contribution in [1.29, 1.82) is 0 Å². The van der Waals surface area contributed by atoms with Crippen molar-refractivity contribution in [3.8, 4) is 5.88 Å². The second-order valence-electron chi connectivity index (χ2n) is 8.45. The Balaban J connectivity index is 1.30. The summed E-state index contributed by atoms with van der Waals surface area (Å²) in [5.41, 5.74) is 0.0453. The molecule has 2 aliphatic heterocycles. The first-order valence-electron chi connectivity index (χ1n) is 10.1.